The molecule has 0 aliphatic rings. The normalized spacial score (nSPS) is 11.2. The van der Waals surface area contributed by atoms with Crippen molar-refractivity contribution in [1.29, 1.82) is 0 Å². The second-order valence-electron chi connectivity index (χ2n) is 14.8. The maximum absolute atomic E-state index is 14.6. The van der Waals surface area contributed by atoms with Crippen LogP contribution < -0.4 is 0 Å². The Morgan fingerprint density at radius 2 is 0.909 bits per heavy atom. The van der Waals surface area contributed by atoms with Gasteiger partial charge in [-0.05, 0) is 69.2 Å². The van der Waals surface area contributed by atoms with E-state index < -0.39 is 0 Å². The van der Waals surface area contributed by atoms with E-state index in [0.717, 1.165) is 11.4 Å². The summed E-state index contributed by atoms with van der Waals surface area (Å²) in [5.41, 5.74) is 10.3. The number of nitrogens with zero attached hydrogens (tertiary/aromatic N) is 4. The molecule has 0 fully saturated rings. The fourth-order valence-corrected chi connectivity index (χ4v) is 6.94. The molecule has 5 aromatic carbocycles. The van der Waals surface area contributed by atoms with Crippen LogP contribution >= 0.6 is 0 Å². The fraction of sp³-hybridized carbons (Fsp3) is 0.250. The number of hydrogen-bond acceptors (Lipinski definition) is 2. The van der Waals surface area contributed by atoms with E-state index in [0.29, 0.717) is 46.4 Å². The predicted octanol–water partition coefficient (Wildman–Crippen LogP) is 13.1. The van der Waals surface area contributed by atoms with Crippen LogP contribution in [-0.2, 0) is 20.1 Å². The molecule has 0 aliphatic heterocycles. The van der Waals surface area contributed by atoms with E-state index in [1.54, 1.807) is 36.7 Å². The summed E-state index contributed by atoms with van der Waals surface area (Å²) in [6, 6.07) is 37.0. The Hall–Kier alpha value is -4.97. The predicted molar refractivity (Wildman–Crippen MR) is 217 cm³/mol. The summed E-state index contributed by atoms with van der Waals surface area (Å²) in [6.07, 6.45) is 7.28. The van der Waals surface area contributed by atoms with E-state index in [4.69, 9.17) is 0 Å². The zero-order valence-electron chi connectivity index (χ0n) is 32.7. The van der Waals surface area contributed by atoms with Gasteiger partial charge in [-0.3, -0.25) is 18.7 Å². The molecule has 0 bridgehead atoms. The van der Waals surface area contributed by atoms with Gasteiger partial charge in [0.15, 0.2) is 0 Å². The minimum absolute atomic E-state index is 0. The molecule has 0 saturated heterocycles. The molecule has 4 nitrogen and oxygen atoms in total. The van der Waals surface area contributed by atoms with Gasteiger partial charge in [0.1, 0.15) is 0 Å². The Balaban J connectivity index is 0.000000212. The molecule has 0 amide bonds. The van der Waals surface area contributed by atoms with Crippen LogP contribution in [0.4, 0.5) is 8.78 Å². The van der Waals surface area contributed by atoms with Crippen molar-refractivity contribution >= 4 is 0 Å². The molecular formula is C48H48F2IrN4-2. The van der Waals surface area contributed by atoms with Gasteiger partial charge in [0.05, 0.1) is 11.6 Å². The maximum atomic E-state index is 14.6. The number of halogens is 2. The number of rotatable bonds is 9. The first kappa shape index (κ1) is 41.2. The molecule has 2 aromatic heterocycles. The standard InChI is InChI=1S/C27H26FN2.C21H22FN2.Ir/c1-18(2)23-16-21(20-10-6-5-7-11-20)17-24(19(3)4)26(23)30-15-14-29-27(30)22-12-8-9-13-25(22)28;1-14(2)16-9-7-10-17(15(3)4)20(16)24-13-12-23-21(24)18-8-5-6-11-19(18)22;/h5-11,13-19H,1-4H3;5-7,9-15H,1-4H3;/q2*-1;. The first-order valence-electron chi connectivity index (χ1n) is 18.7. The summed E-state index contributed by atoms with van der Waals surface area (Å²) in [6.45, 7) is 17.5. The van der Waals surface area contributed by atoms with Gasteiger partial charge < -0.3 is 9.13 Å². The topological polar surface area (TPSA) is 35.6 Å². The van der Waals surface area contributed by atoms with Crippen molar-refractivity contribution in [2.45, 2.75) is 79.1 Å². The number of imidazole rings is 2. The fourth-order valence-electron chi connectivity index (χ4n) is 6.94. The largest absolute Gasteiger partial charge is 0.339 e. The van der Waals surface area contributed by atoms with Gasteiger partial charge in [0.25, 0.3) is 0 Å². The summed E-state index contributed by atoms with van der Waals surface area (Å²) in [5, 5.41) is 0. The molecule has 0 atom stereocenters. The average Bonchev–Trinajstić information content (AvgIpc) is 3.85. The molecule has 55 heavy (non-hydrogen) atoms. The molecule has 0 N–H and O–H groups in total. The van der Waals surface area contributed by atoms with Gasteiger partial charge in [-0.2, -0.15) is 0 Å². The third-order valence-electron chi connectivity index (χ3n) is 9.68. The van der Waals surface area contributed by atoms with Gasteiger partial charge in [-0.1, -0.05) is 115 Å². The van der Waals surface area contributed by atoms with E-state index in [-0.39, 0.29) is 31.7 Å². The molecule has 0 unspecified atom stereocenters. The number of hydrogen-bond donors (Lipinski definition) is 0. The zero-order valence-corrected chi connectivity index (χ0v) is 35.1. The molecule has 7 heteroatoms. The third-order valence-corrected chi connectivity index (χ3v) is 9.68. The molecular weight excluding hydrogens is 863 g/mol. The quantitative estimate of drug-likeness (QED) is 0.135. The first-order valence-corrected chi connectivity index (χ1v) is 18.7. The van der Waals surface area contributed by atoms with E-state index >= 15 is 0 Å². The summed E-state index contributed by atoms with van der Waals surface area (Å²) in [4.78, 5) is 8.91. The Morgan fingerprint density at radius 1 is 0.491 bits per heavy atom. The smallest absolute Gasteiger partial charge is 0.0630 e. The molecule has 0 aliphatic carbocycles. The van der Waals surface area contributed by atoms with Crippen molar-refractivity contribution in [3.05, 3.63) is 168 Å². The minimum atomic E-state index is -0.317. The van der Waals surface area contributed by atoms with Crippen molar-refractivity contribution < 1.29 is 28.9 Å². The monoisotopic (exact) mass is 911 g/mol. The van der Waals surface area contributed by atoms with Crippen LogP contribution in [0.3, 0.4) is 0 Å². The Kier molecular flexibility index (Phi) is 13.6. The minimum Gasteiger partial charge on any atom is -0.339 e. The second kappa shape index (κ2) is 18.1. The zero-order chi connectivity index (χ0) is 38.5. The summed E-state index contributed by atoms with van der Waals surface area (Å²) >= 11 is 0. The van der Waals surface area contributed by atoms with Crippen molar-refractivity contribution in [1.82, 2.24) is 19.1 Å². The maximum Gasteiger partial charge on any atom is 0.0630 e. The van der Waals surface area contributed by atoms with Crippen LogP contribution in [0, 0.1) is 23.8 Å². The van der Waals surface area contributed by atoms with Crippen LogP contribution in [0.5, 0.6) is 0 Å². The first-order chi connectivity index (χ1) is 26.0. The Labute approximate surface area is 338 Å². The van der Waals surface area contributed by atoms with Crippen molar-refractivity contribution in [2.75, 3.05) is 0 Å². The van der Waals surface area contributed by atoms with E-state index in [9.17, 15) is 8.78 Å². The molecule has 0 spiro atoms. The van der Waals surface area contributed by atoms with E-state index in [1.165, 1.54) is 45.5 Å². The number of benzene rings is 5. The van der Waals surface area contributed by atoms with Crippen LogP contribution in [0.1, 0.15) is 101 Å². The molecule has 2 heterocycles. The van der Waals surface area contributed by atoms with Crippen LogP contribution in [0.15, 0.2) is 122 Å². The summed E-state index contributed by atoms with van der Waals surface area (Å²) in [7, 11) is 0. The van der Waals surface area contributed by atoms with Crippen molar-refractivity contribution in [3.63, 3.8) is 0 Å². The molecule has 1 radical (unpaired) electrons. The molecule has 285 valence electrons. The van der Waals surface area contributed by atoms with Crippen molar-refractivity contribution in [3.8, 4) is 45.3 Å². The SMILES string of the molecule is CC(C)c1cc(-c2ccccc2)cc(C(C)C)c1-n1ccnc1-c1[c-]cccc1F.CC(C)c1cccc(C(C)C)c1-n1ccnc1-c1[c-]cccc1F.[Ir]. The summed E-state index contributed by atoms with van der Waals surface area (Å²) in [5.74, 6) is 1.84. The van der Waals surface area contributed by atoms with Gasteiger partial charge in [0, 0.05) is 67.9 Å². The number of aromatic nitrogens is 4. The van der Waals surface area contributed by atoms with Gasteiger partial charge in [0.2, 0.25) is 0 Å². The van der Waals surface area contributed by atoms with E-state index in [2.05, 4.69) is 132 Å². The summed E-state index contributed by atoms with van der Waals surface area (Å²) < 4.78 is 32.9. The molecule has 7 aromatic rings. The molecule has 0 saturated carbocycles. The number of para-hydroxylation sites is 1. The third kappa shape index (κ3) is 8.80. The van der Waals surface area contributed by atoms with Crippen molar-refractivity contribution in [2.24, 2.45) is 0 Å². The second-order valence-corrected chi connectivity index (χ2v) is 14.8. The van der Waals surface area contributed by atoms with Crippen LogP contribution in [-0.4, -0.2) is 19.1 Å². The van der Waals surface area contributed by atoms with Crippen LogP contribution in [0.25, 0.3) is 45.3 Å². The average molecular weight is 911 g/mol. The van der Waals surface area contributed by atoms with Gasteiger partial charge >= 0.3 is 0 Å². The molecule has 7 rings (SSSR count). The Morgan fingerprint density at radius 3 is 1.31 bits per heavy atom. The van der Waals surface area contributed by atoms with E-state index in [1.807, 2.05) is 27.6 Å². The van der Waals surface area contributed by atoms with Gasteiger partial charge in [-0.25, -0.2) is 0 Å². The Bertz CT molecular complexity index is 2280. The van der Waals surface area contributed by atoms with Gasteiger partial charge in [-0.15, -0.1) is 48.5 Å². The van der Waals surface area contributed by atoms with Crippen LogP contribution in [0.2, 0.25) is 0 Å².